The van der Waals surface area contributed by atoms with Crippen molar-refractivity contribution in [3.63, 3.8) is 0 Å². The van der Waals surface area contributed by atoms with Crippen molar-refractivity contribution in [2.45, 2.75) is 72.6 Å². The van der Waals surface area contributed by atoms with E-state index in [9.17, 15) is 0 Å². The Bertz CT molecular complexity index is 3070. The third kappa shape index (κ3) is 7.88. The average Bonchev–Trinajstić information content (AvgIpc) is 3.81. The van der Waals surface area contributed by atoms with Crippen molar-refractivity contribution >= 4 is 44.6 Å². The maximum absolute atomic E-state index is 8.73. The summed E-state index contributed by atoms with van der Waals surface area (Å²) in [5.41, 5.74) is 9.74. The van der Waals surface area contributed by atoms with E-state index in [1.165, 1.54) is 11.1 Å². The quantitative estimate of drug-likeness (QED) is 0.142. The number of pyridine rings is 1. The van der Waals surface area contributed by atoms with Gasteiger partial charge in [0.15, 0.2) is 0 Å². The Balaban J connectivity index is 0.00000576. The number of hydrogen-bond acceptors (Lipinski definition) is 4. The number of nitrogens with zero attached hydrogens (tertiary/aromatic N) is 4. The van der Waals surface area contributed by atoms with Crippen LogP contribution < -0.4 is 14.5 Å². The standard InChI is InChI=1S/C54H51N4O.Pt/c1-36(2)27-38-28-52(55-34-47(38)37-17-10-9-11-18-37)58-48-22-13-12-21-45(48)46-26-25-44(33-51(46)58)59-43-20-16-19-41(32-43)56-35-57(50-24-15-14-23-49(50)56)42-30-39(53(3,4)5)29-40(31-42)54(6,7)8;/h9-26,28-31,34-36H,27H2,1-8H3;/q-3;/i9D,10D,11D,17D,18D;. The van der Waals surface area contributed by atoms with Gasteiger partial charge in [-0.15, -0.1) is 48.1 Å². The number of anilines is 4. The van der Waals surface area contributed by atoms with Gasteiger partial charge in [0.05, 0.1) is 6.85 Å². The van der Waals surface area contributed by atoms with Crippen molar-refractivity contribution in [1.29, 1.82) is 0 Å². The molecule has 0 unspecified atom stereocenters. The van der Waals surface area contributed by atoms with Gasteiger partial charge in [0, 0.05) is 66.9 Å². The molecule has 8 aromatic rings. The zero-order chi connectivity index (χ0) is 45.4. The SMILES string of the molecule is [2H]c1c([2H])c([2H])c(-c2cnc(-n3c4[c-]c(Oc5[c-]c(N6[CH-]N(c7cc(C(C)(C)C)cc(C(C)(C)C)c7)c7ccccc76)ccc5)ccc4c4ccccc43)cc2CC(C)C)c([2H])c1[2H].[Pt]. The first-order valence-corrected chi connectivity index (χ1v) is 20.3. The Kier molecular flexibility index (Phi) is 9.42. The summed E-state index contributed by atoms with van der Waals surface area (Å²) < 4.78 is 51.0. The van der Waals surface area contributed by atoms with E-state index < -0.39 is 6.04 Å². The number of aromatic nitrogens is 2. The molecule has 6 heteroatoms. The van der Waals surface area contributed by atoms with E-state index in [0.717, 1.165) is 50.1 Å². The van der Waals surface area contributed by atoms with Crippen molar-refractivity contribution in [3.05, 3.63) is 175 Å². The number of rotatable bonds is 8. The molecule has 9 rings (SSSR count). The van der Waals surface area contributed by atoms with Crippen LogP contribution in [0.5, 0.6) is 11.5 Å². The van der Waals surface area contributed by atoms with Gasteiger partial charge in [-0.1, -0.05) is 128 Å². The first-order valence-electron chi connectivity index (χ1n) is 22.8. The van der Waals surface area contributed by atoms with Crippen molar-refractivity contribution in [3.8, 4) is 28.4 Å². The van der Waals surface area contributed by atoms with Crippen LogP contribution in [0.1, 0.15) is 78.9 Å². The molecule has 306 valence electrons. The number of hydrogen-bond donors (Lipinski definition) is 0. The summed E-state index contributed by atoms with van der Waals surface area (Å²) >= 11 is 0. The van der Waals surface area contributed by atoms with Gasteiger partial charge < -0.3 is 19.1 Å². The molecule has 0 spiro atoms. The molecule has 0 bridgehead atoms. The normalized spacial score (nSPS) is 14.1. The second-order valence-electron chi connectivity index (χ2n) is 17.9. The summed E-state index contributed by atoms with van der Waals surface area (Å²) in [6.45, 7) is 19.9. The molecule has 6 aromatic carbocycles. The van der Waals surface area contributed by atoms with Crippen LogP contribution in [0, 0.1) is 24.7 Å². The second-order valence-corrected chi connectivity index (χ2v) is 17.9. The molecule has 0 amide bonds. The molecule has 0 radical (unpaired) electrons. The van der Waals surface area contributed by atoms with Crippen LogP contribution in [-0.2, 0) is 38.3 Å². The van der Waals surface area contributed by atoms with Gasteiger partial charge in [0.25, 0.3) is 0 Å². The predicted molar refractivity (Wildman–Crippen MR) is 246 cm³/mol. The van der Waals surface area contributed by atoms with Crippen LogP contribution >= 0.6 is 0 Å². The fraction of sp³-hybridized carbons (Fsp3) is 0.222. The molecular weight excluding hydrogens is 916 g/mol. The number of fused-ring (bicyclic) bond motifs is 4. The Morgan fingerprint density at radius 1 is 0.717 bits per heavy atom. The molecule has 3 heterocycles. The first-order chi connectivity index (χ1) is 30.4. The smallest absolute Gasteiger partial charge is 0.135 e. The Labute approximate surface area is 377 Å². The molecule has 0 atom stereocenters. The van der Waals surface area contributed by atoms with Crippen molar-refractivity contribution in [1.82, 2.24) is 9.55 Å². The van der Waals surface area contributed by atoms with Crippen LogP contribution in [0.2, 0.25) is 0 Å². The van der Waals surface area contributed by atoms with Gasteiger partial charge in [0.2, 0.25) is 0 Å². The van der Waals surface area contributed by atoms with Crippen LogP contribution in [0.15, 0.2) is 140 Å². The first kappa shape index (κ1) is 35.1. The molecule has 5 nitrogen and oxygen atoms in total. The van der Waals surface area contributed by atoms with E-state index in [1.807, 2.05) is 54.6 Å². The van der Waals surface area contributed by atoms with Gasteiger partial charge in [-0.25, -0.2) is 4.98 Å². The van der Waals surface area contributed by atoms with Gasteiger partial charge in [-0.3, -0.25) is 0 Å². The second kappa shape index (κ2) is 16.1. The topological polar surface area (TPSA) is 33.5 Å². The monoisotopic (exact) mass is 971 g/mol. The number of para-hydroxylation sites is 3. The predicted octanol–water partition coefficient (Wildman–Crippen LogP) is 14.4. The molecule has 1 aliphatic heterocycles. The van der Waals surface area contributed by atoms with E-state index in [-0.39, 0.29) is 67.5 Å². The Morgan fingerprint density at radius 2 is 1.38 bits per heavy atom. The molecule has 2 aromatic heterocycles. The van der Waals surface area contributed by atoms with Gasteiger partial charge >= 0.3 is 0 Å². The molecule has 0 N–H and O–H groups in total. The van der Waals surface area contributed by atoms with Crippen molar-refractivity contribution in [2.24, 2.45) is 5.92 Å². The minimum absolute atomic E-state index is 0. The van der Waals surface area contributed by atoms with E-state index in [0.29, 0.717) is 29.3 Å². The van der Waals surface area contributed by atoms with E-state index in [2.05, 4.69) is 137 Å². The molecule has 60 heavy (non-hydrogen) atoms. The van der Waals surface area contributed by atoms with Crippen molar-refractivity contribution < 1.29 is 32.7 Å². The van der Waals surface area contributed by atoms with Crippen molar-refractivity contribution in [2.75, 3.05) is 9.80 Å². The maximum Gasteiger partial charge on any atom is 0.135 e. The van der Waals surface area contributed by atoms with Crippen LogP contribution in [0.4, 0.5) is 22.7 Å². The van der Waals surface area contributed by atoms with E-state index in [4.69, 9.17) is 16.6 Å². The fourth-order valence-electron chi connectivity index (χ4n) is 7.88. The summed E-state index contributed by atoms with van der Waals surface area (Å²) in [5, 5.41) is 1.99. The van der Waals surface area contributed by atoms with Gasteiger partial charge in [0.1, 0.15) is 5.82 Å². The minimum atomic E-state index is -0.421. The summed E-state index contributed by atoms with van der Waals surface area (Å²) in [5.74, 6) is 1.87. The summed E-state index contributed by atoms with van der Waals surface area (Å²) in [4.78, 5) is 9.34. The zero-order valence-electron chi connectivity index (χ0n) is 40.3. The number of ether oxygens (including phenoxy) is 1. The summed E-state index contributed by atoms with van der Waals surface area (Å²) in [7, 11) is 0. The fourth-order valence-corrected chi connectivity index (χ4v) is 7.88. The summed E-state index contributed by atoms with van der Waals surface area (Å²) in [6.07, 6.45) is 2.24. The third-order valence-corrected chi connectivity index (χ3v) is 11.0. The summed E-state index contributed by atoms with van der Waals surface area (Å²) in [6, 6.07) is 40.8. The largest absolute Gasteiger partial charge is 0.509 e. The van der Waals surface area contributed by atoms with Crippen LogP contribution in [-0.4, -0.2) is 9.55 Å². The molecule has 0 fully saturated rings. The molecule has 1 aliphatic rings. The third-order valence-electron chi connectivity index (χ3n) is 11.0. The minimum Gasteiger partial charge on any atom is -0.509 e. The van der Waals surface area contributed by atoms with E-state index in [1.54, 1.807) is 6.20 Å². The zero-order valence-corrected chi connectivity index (χ0v) is 37.5. The average molecular weight is 972 g/mol. The van der Waals surface area contributed by atoms with Gasteiger partial charge in [-0.2, -0.15) is 12.1 Å². The van der Waals surface area contributed by atoms with Crippen LogP contribution in [0.3, 0.4) is 0 Å². The molecule has 0 saturated carbocycles. The Morgan fingerprint density at radius 3 is 2.08 bits per heavy atom. The Hall–Kier alpha value is -5.64. The molecule has 0 saturated heterocycles. The maximum atomic E-state index is 8.73. The molecule has 0 aliphatic carbocycles. The molecular formula is C54H51N4OPt-3. The van der Waals surface area contributed by atoms with Gasteiger partial charge in [-0.05, 0) is 87.2 Å². The number of benzene rings is 6. The van der Waals surface area contributed by atoms with E-state index >= 15 is 0 Å². The van der Waals surface area contributed by atoms with Crippen LogP contribution in [0.25, 0.3) is 38.8 Å².